The molecule has 2 bridgehead atoms. The van der Waals surface area contributed by atoms with Crippen molar-refractivity contribution in [2.45, 2.75) is 116 Å². The average Bonchev–Trinajstić information content (AvgIpc) is 4.28. The third kappa shape index (κ3) is 10.9. The van der Waals surface area contributed by atoms with Crippen LogP contribution in [0.5, 0.6) is 17.6 Å². The molecule has 2 unspecified atom stereocenters. The maximum Gasteiger partial charge on any atom is 0.319 e. The SMILES string of the molecule is CCc1cccc2cc(O)cc(-c3ncc4c(N5CC6CCC(C5)N6)nc(OCCN5CCC(C)(COc6cc([C@H](C(=O)N7C[C@H](O)C[C@H]7C(=O)N[C@@H](C)c7ccc(-c8scnc8C)cc7)C(C)C)on6)CC5)nc4c3F)c12. The van der Waals surface area contributed by atoms with Crippen LogP contribution >= 0.6 is 11.3 Å². The number of carbonyl (C=O) groups excluding carboxylic acids is 2. The zero-order valence-electron chi connectivity index (χ0n) is 45.2. The monoisotopic (exact) mass is 1080 g/mol. The van der Waals surface area contributed by atoms with Crippen molar-refractivity contribution in [1.82, 2.24) is 45.5 Å². The minimum absolute atomic E-state index is 0.0298. The van der Waals surface area contributed by atoms with Gasteiger partial charge in [0, 0.05) is 67.9 Å². The summed E-state index contributed by atoms with van der Waals surface area (Å²) >= 11 is 1.59. The Labute approximate surface area is 457 Å². The molecule has 17 nitrogen and oxygen atoms in total. The molecule has 4 saturated heterocycles. The fraction of sp³-hybridized carbons (Fsp3) is 0.475. The van der Waals surface area contributed by atoms with Crippen LogP contribution in [0, 0.1) is 24.1 Å². The molecule has 19 heteroatoms. The van der Waals surface area contributed by atoms with Gasteiger partial charge < -0.3 is 44.6 Å². The van der Waals surface area contributed by atoms with Crippen LogP contribution in [0.4, 0.5) is 10.2 Å². The van der Waals surface area contributed by atoms with Gasteiger partial charge in [-0.1, -0.05) is 70.2 Å². The van der Waals surface area contributed by atoms with Crippen LogP contribution in [0.2, 0.25) is 0 Å². The Bertz CT molecular complexity index is 3310. The summed E-state index contributed by atoms with van der Waals surface area (Å²) in [6.07, 6.45) is 5.49. The van der Waals surface area contributed by atoms with Gasteiger partial charge in [0.25, 0.3) is 5.88 Å². The highest BCUT2D eigenvalue weighted by molar-refractivity contribution is 7.13. The number of anilines is 1. The molecule has 3 aromatic carbocycles. The molecule has 410 valence electrons. The number of aliphatic hydroxyl groups excluding tert-OH is 1. The van der Waals surface area contributed by atoms with E-state index in [9.17, 15) is 19.8 Å². The van der Waals surface area contributed by atoms with Gasteiger partial charge in [0.15, 0.2) is 11.6 Å². The van der Waals surface area contributed by atoms with Crippen molar-refractivity contribution in [2.75, 3.05) is 57.4 Å². The van der Waals surface area contributed by atoms with Gasteiger partial charge in [0.1, 0.15) is 41.3 Å². The zero-order chi connectivity index (χ0) is 54.4. The second kappa shape index (κ2) is 22.1. The number of β-amino-alcohol motifs (C(OH)–C–C–N with tert-alkyl or cyclic N) is 1. The van der Waals surface area contributed by atoms with Crippen LogP contribution in [0.1, 0.15) is 101 Å². The Kier molecular flexibility index (Phi) is 15.1. The molecule has 0 radical (unpaired) electrons. The van der Waals surface area contributed by atoms with Gasteiger partial charge in [-0.2, -0.15) is 9.97 Å². The molecular formula is C59H69FN10O7S. The largest absolute Gasteiger partial charge is 0.508 e. The van der Waals surface area contributed by atoms with Crippen molar-refractivity contribution >= 4 is 50.6 Å². The molecule has 4 aliphatic heterocycles. The molecule has 4 aromatic heterocycles. The number of pyridine rings is 1. The number of hydrogen-bond donors (Lipinski definition) is 4. The first kappa shape index (κ1) is 53.2. The van der Waals surface area contributed by atoms with Gasteiger partial charge in [-0.15, -0.1) is 11.3 Å². The number of aryl methyl sites for hydroxylation is 2. The number of aliphatic hydroxyl groups is 1. The van der Waals surface area contributed by atoms with E-state index in [1.54, 1.807) is 35.7 Å². The predicted molar refractivity (Wildman–Crippen MR) is 297 cm³/mol. The van der Waals surface area contributed by atoms with Crippen LogP contribution in [0.3, 0.4) is 0 Å². The number of ether oxygens (including phenoxy) is 2. The topological polar surface area (TPSA) is 204 Å². The van der Waals surface area contributed by atoms with Crippen LogP contribution < -0.4 is 25.0 Å². The normalized spacial score (nSPS) is 21.1. The molecule has 4 fully saturated rings. The Morgan fingerprint density at radius 2 is 1.77 bits per heavy atom. The smallest absolute Gasteiger partial charge is 0.319 e. The van der Waals surface area contributed by atoms with E-state index in [-0.39, 0.29) is 71.0 Å². The molecule has 4 aliphatic rings. The van der Waals surface area contributed by atoms with Crippen molar-refractivity contribution < 1.29 is 38.2 Å². The molecule has 0 aliphatic carbocycles. The van der Waals surface area contributed by atoms with Crippen LogP contribution in [0.25, 0.3) is 43.4 Å². The molecule has 6 atom stereocenters. The number of nitrogens with zero attached hydrogens (tertiary/aromatic N) is 8. The second-order valence-corrected chi connectivity index (χ2v) is 23.4. The number of nitrogens with one attached hydrogen (secondary N) is 2. The average molecular weight is 1080 g/mol. The first-order valence-corrected chi connectivity index (χ1v) is 28.4. The van der Waals surface area contributed by atoms with Gasteiger partial charge >= 0.3 is 6.01 Å². The fourth-order valence-electron chi connectivity index (χ4n) is 12.0. The summed E-state index contributed by atoms with van der Waals surface area (Å²) < 4.78 is 35.5. The Balaban J connectivity index is 0.711. The molecular weight excluding hydrogens is 1010 g/mol. The van der Waals surface area contributed by atoms with Crippen molar-refractivity contribution in [1.29, 1.82) is 0 Å². The molecule has 11 rings (SSSR count). The summed E-state index contributed by atoms with van der Waals surface area (Å²) in [4.78, 5) is 54.0. The van der Waals surface area contributed by atoms with Gasteiger partial charge in [0.05, 0.1) is 40.2 Å². The number of piperidine rings is 1. The molecule has 8 heterocycles. The van der Waals surface area contributed by atoms with E-state index in [1.807, 2.05) is 75.7 Å². The van der Waals surface area contributed by atoms with E-state index in [1.165, 1.54) is 4.90 Å². The van der Waals surface area contributed by atoms with Crippen LogP contribution in [-0.4, -0.2) is 134 Å². The Morgan fingerprint density at radius 3 is 2.49 bits per heavy atom. The first-order chi connectivity index (χ1) is 37.6. The lowest BCUT2D eigenvalue weighted by Gasteiger charge is -2.38. The quantitative estimate of drug-likeness (QED) is 0.0673. The number of rotatable bonds is 17. The van der Waals surface area contributed by atoms with E-state index in [0.29, 0.717) is 54.4 Å². The van der Waals surface area contributed by atoms with E-state index in [2.05, 4.69) is 44.4 Å². The Hall–Kier alpha value is -6.80. The highest BCUT2D eigenvalue weighted by Gasteiger charge is 2.44. The Morgan fingerprint density at radius 1 is 1.00 bits per heavy atom. The molecule has 2 amide bonds. The number of aromatic hydroxyl groups is 1. The number of thiazole rings is 1. The summed E-state index contributed by atoms with van der Waals surface area (Å²) in [7, 11) is 0. The second-order valence-electron chi connectivity index (χ2n) is 22.5. The van der Waals surface area contributed by atoms with E-state index in [0.717, 1.165) is 96.3 Å². The van der Waals surface area contributed by atoms with Gasteiger partial charge in [-0.25, -0.2) is 9.37 Å². The summed E-state index contributed by atoms with van der Waals surface area (Å²) in [6.45, 7) is 16.3. The zero-order valence-corrected chi connectivity index (χ0v) is 46.0. The summed E-state index contributed by atoms with van der Waals surface area (Å²) in [5.41, 5.74) is 6.39. The number of carbonyl (C=O) groups is 2. The molecule has 0 saturated carbocycles. The molecule has 0 spiro atoms. The number of piperazine rings is 1. The third-order valence-corrected chi connectivity index (χ3v) is 17.5. The lowest BCUT2D eigenvalue weighted by molar-refractivity contribution is -0.141. The number of benzene rings is 3. The van der Waals surface area contributed by atoms with E-state index < -0.39 is 23.9 Å². The van der Waals surface area contributed by atoms with Gasteiger partial charge in [0.2, 0.25) is 11.8 Å². The minimum atomic E-state index is -0.853. The van der Waals surface area contributed by atoms with Crippen LogP contribution in [0.15, 0.2) is 76.9 Å². The number of likely N-dealkylation sites (tertiary alicyclic amines) is 2. The number of phenols is 1. The highest BCUT2D eigenvalue weighted by Crippen LogP contribution is 2.40. The highest BCUT2D eigenvalue weighted by atomic mass is 32.1. The number of hydrogen-bond acceptors (Lipinski definition) is 16. The third-order valence-electron chi connectivity index (χ3n) is 16.5. The lowest BCUT2D eigenvalue weighted by Crippen LogP contribution is -2.51. The molecule has 7 aromatic rings. The van der Waals surface area contributed by atoms with Crippen LogP contribution in [-0.2, 0) is 16.0 Å². The summed E-state index contributed by atoms with van der Waals surface area (Å²) in [6, 6.07) is 18.4. The minimum Gasteiger partial charge on any atom is -0.508 e. The number of amides is 2. The maximum atomic E-state index is 17.1. The van der Waals surface area contributed by atoms with Gasteiger partial charge in [-0.05, 0) is 110 Å². The van der Waals surface area contributed by atoms with Crippen molar-refractivity contribution in [3.8, 4) is 39.3 Å². The number of aromatic nitrogens is 5. The lowest BCUT2D eigenvalue weighted by atomic mass is 9.81. The van der Waals surface area contributed by atoms with Crippen molar-refractivity contribution in [3.05, 3.63) is 101 Å². The van der Waals surface area contributed by atoms with E-state index in [4.69, 9.17) is 28.9 Å². The fourth-order valence-corrected chi connectivity index (χ4v) is 12.8. The standard InChI is InChI=1S/C59H69FN10O7S/c1-7-36-9-8-10-39-23-42(71)24-44(50(36)39)52-51(60)53-45(27-61-52)55(69-28-40-15-16-41(29-69)64-40)66-58(65-53)75-22-21-68-19-17-59(6,18-20-68)31-76-48-26-47(77-67-48)49(33(2)3)57(74)70-30-43(72)25-46(70)56(73)63-34(4)37-11-13-38(14-12-37)54-35(5)62-32-78-54/h8-14,23-24,26-27,32-34,40-41,43,46,49,64,71-72H,7,15-22,25,28-31H2,1-6H3,(H,63,73)/t34-,40?,41?,43+,46-,49+/m0/s1. The first-order valence-electron chi connectivity index (χ1n) is 27.5. The van der Waals surface area contributed by atoms with Crippen molar-refractivity contribution in [3.63, 3.8) is 0 Å². The number of fused-ring (bicyclic) bond motifs is 4. The number of halogens is 1. The summed E-state index contributed by atoms with van der Waals surface area (Å²) in [5.74, 6) is -0.937. The molecule has 78 heavy (non-hydrogen) atoms. The number of phenolic OH excluding ortho intramolecular Hbond substituents is 1. The van der Waals surface area contributed by atoms with Crippen molar-refractivity contribution in [2.24, 2.45) is 11.3 Å². The molecule has 4 N–H and O–H groups in total. The predicted octanol–water partition coefficient (Wildman–Crippen LogP) is 8.75. The van der Waals surface area contributed by atoms with Gasteiger partial charge in [-0.3, -0.25) is 19.5 Å². The summed E-state index contributed by atoms with van der Waals surface area (Å²) in [5, 5.41) is 34.7. The van der Waals surface area contributed by atoms with E-state index >= 15 is 4.39 Å². The maximum absolute atomic E-state index is 17.1.